The number of fused-ring (bicyclic) bond motifs is 1. The molecule has 3 aromatic heterocycles. The molecule has 4 aromatic rings. The summed E-state index contributed by atoms with van der Waals surface area (Å²) >= 11 is 0. The zero-order valence-electron chi connectivity index (χ0n) is 15.2. The Bertz CT molecular complexity index is 1180. The lowest BCUT2D eigenvalue weighted by atomic mass is 10.00. The van der Waals surface area contributed by atoms with Crippen molar-refractivity contribution >= 4 is 16.9 Å². The topological polar surface area (TPSA) is 78.9 Å². The van der Waals surface area contributed by atoms with Crippen molar-refractivity contribution < 1.29 is 9.90 Å². The molecule has 3 heterocycles. The number of aromatic nitrogens is 3. The van der Waals surface area contributed by atoms with E-state index in [1.807, 2.05) is 24.4 Å². The average molecular weight is 369 g/mol. The minimum absolute atomic E-state index is 0.0660. The molecule has 0 atom stereocenters. The van der Waals surface area contributed by atoms with Crippen molar-refractivity contribution in [1.82, 2.24) is 15.0 Å². The van der Waals surface area contributed by atoms with Crippen molar-refractivity contribution in [2.24, 2.45) is 0 Å². The highest BCUT2D eigenvalue weighted by Gasteiger charge is 2.24. The highest BCUT2D eigenvalue weighted by Crippen LogP contribution is 2.42. The Labute approximate surface area is 162 Å². The van der Waals surface area contributed by atoms with E-state index in [9.17, 15) is 9.90 Å². The first kappa shape index (κ1) is 16.7. The molecule has 5 nitrogen and oxygen atoms in total. The molecule has 0 saturated heterocycles. The van der Waals surface area contributed by atoms with E-state index in [4.69, 9.17) is 0 Å². The van der Waals surface area contributed by atoms with Gasteiger partial charge < -0.3 is 10.1 Å². The number of rotatable bonds is 5. The van der Waals surface area contributed by atoms with Crippen LogP contribution in [0.15, 0.2) is 60.9 Å². The molecule has 1 aliphatic rings. The number of aromatic carboxylic acids is 1. The largest absolute Gasteiger partial charge is 0.477 e. The number of aromatic amines is 1. The van der Waals surface area contributed by atoms with Gasteiger partial charge >= 0.3 is 5.97 Å². The first-order chi connectivity index (χ1) is 13.7. The van der Waals surface area contributed by atoms with Gasteiger partial charge in [-0.1, -0.05) is 18.2 Å². The van der Waals surface area contributed by atoms with E-state index in [0.29, 0.717) is 12.3 Å². The smallest absolute Gasteiger partial charge is 0.354 e. The summed E-state index contributed by atoms with van der Waals surface area (Å²) in [6.07, 6.45) is 6.68. The number of hydrogen-bond donors (Lipinski definition) is 2. The first-order valence-corrected chi connectivity index (χ1v) is 9.43. The van der Waals surface area contributed by atoms with Crippen molar-refractivity contribution in [3.05, 3.63) is 83.4 Å². The number of carboxylic acid groups (broad SMARTS) is 1. The second kappa shape index (κ2) is 6.60. The van der Waals surface area contributed by atoms with E-state index in [-0.39, 0.29) is 5.69 Å². The Morgan fingerprint density at radius 1 is 1.14 bits per heavy atom. The maximum absolute atomic E-state index is 11.3. The Morgan fingerprint density at radius 2 is 2.04 bits per heavy atom. The quantitative estimate of drug-likeness (QED) is 0.530. The number of carbonyl (C=O) groups is 1. The van der Waals surface area contributed by atoms with Crippen molar-refractivity contribution in [2.75, 3.05) is 0 Å². The fourth-order valence-electron chi connectivity index (χ4n) is 3.76. The predicted octanol–water partition coefficient (Wildman–Crippen LogP) is 4.79. The van der Waals surface area contributed by atoms with Gasteiger partial charge in [0, 0.05) is 41.0 Å². The summed E-state index contributed by atoms with van der Waals surface area (Å²) in [5.74, 6) is -0.325. The van der Waals surface area contributed by atoms with Gasteiger partial charge in [0.1, 0.15) is 5.69 Å². The van der Waals surface area contributed by atoms with Crippen molar-refractivity contribution in [3.8, 4) is 11.3 Å². The zero-order valence-corrected chi connectivity index (χ0v) is 15.2. The summed E-state index contributed by atoms with van der Waals surface area (Å²) < 4.78 is 0. The van der Waals surface area contributed by atoms with Crippen LogP contribution in [0.3, 0.4) is 0 Å². The third-order valence-electron chi connectivity index (χ3n) is 5.31. The summed E-state index contributed by atoms with van der Waals surface area (Å²) in [5, 5.41) is 10.4. The Balaban J connectivity index is 1.65. The number of nitrogens with one attached hydrogen (secondary N) is 1. The fourth-order valence-corrected chi connectivity index (χ4v) is 3.76. The van der Waals surface area contributed by atoms with Gasteiger partial charge in [0.15, 0.2) is 0 Å². The highest BCUT2D eigenvalue weighted by molar-refractivity contribution is 5.91. The minimum Gasteiger partial charge on any atom is -0.477 e. The summed E-state index contributed by atoms with van der Waals surface area (Å²) in [6.45, 7) is 0. The van der Waals surface area contributed by atoms with Crippen molar-refractivity contribution in [2.45, 2.75) is 25.2 Å². The molecular formula is C23H19N3O2. The molecule has 5 rings (SSSR count). The zero-order chi connectivity index (χ0) is 19.1. The van der Waals surface area contributed by atoms with Crippen LogP contribution in [0.5, 0.6) is 0 Å². The van der Waals surface area contributed by atoms with Gasteiger partial charge in [0.05, 0.1) is 5.69 Å². The average Bonchev–Trinajstić information content (AvgIpc) is 3.52. The normalized spacial score (nSPS) is 13.7. The van der Waals surface area contributed by atoms with Crippen LogP contribution in [0.25, 0.3) is 22.2 Å². The molecule has 1 aliphatic carbocycles. The van der Waals surface area contributed by atoms with Crippen LogP contribution in [-0.4, -0.2) is 26.0 Å². The maximum atomic E-state index is 11.3. The van der Waals surface area contributed by atoms with E-state index in [0.717, 1.165) is 33.4 Å². The molecule has 0 bridgehead atoms. The van der Waals surface area contributed by atoms with Gasteiger partial charge in [-0.25, -0.2) is 9.78 Å². The third kappa shape index (κ3) is 3.05. The van der Waals surface area contributed by atoms with E-state index in [2.05, 4.69) is 33.2 Å². The van der Waals surface area contributed by atoms with Crippen molar-refractivity contribution in [1.29, 1.82) is 0 Å². The van der Waals surface area contributed by atoms with E-state index >= 15 is 0 Å². The first-order valence-electron chi connectivity index (χ1n) is 9.43. The fraction of sp³-hybridized carbons (Fsp3) is 0.174. The lowest BCUT2D eigenvalue weighted by Crippen LogP contribution is -2.03. The van der Waals surface area contributed by atoms with Crippen molar-refractivity contribution in [3.63, 3.8) is 0 Å². The summed E-state index contributed by atoms with van der Waals surface area (Å²) in [4.78, 5) is 23.4. The third-order valence-corrected chi connectivity index (χ3v) is 5.31. The lowest BCUT2D eigenvalue weighted by molar-refractivity contribution is 0.0690. The van der Waals surface area contributed by atoms with E-state index in [1.165, 1.54) is 24.5 Å². The summed E-state index contributed by atoms with van der Waals surface area (Å²) in [5.41, 5.74) is 6.42. The van der Waals surface area contributed by atoms with Gasteiger partial charge in [-0.3, -0.25) is 4.98 Å². The van der Waals surface area contributed by atoms with E-state index in [1.54, 1.807) is 12.3 Å². The molecule has 5 heteroatoms. The van der Waals surface area contributed by atoms with Crippen LogP contribution in [0.4, 0.5) is 0 Å². The number of benzene rings is 1. The summed E-state index contributed by atoms with van der Waals surface area (Å²) in [6, 6.07) is 15.7. The Kier molecular flexibility index (Phi) is 3.93. The molecule has 0 unspecified atom stereocenters. The maximum Gasteiger partial charge on any atom is 0.354 e. The second-order valence-corrected chi connectivity index (χ2v) is 7.30. The lowest BCUT2D eigenvalue weighted by Gasteiger charge is -2.06. The molecule has 1 aromatic carbocycles. The Hall–Kier alpha value is -3.47. The molecule has 0 spiro atoms. The molecule has 1 fully saturated rings. The second-order valence-electron chi connectivity index (χ2n) is 7.30. The monoisotopic (exact) mass is 369 g/mol. The van der Waals surface area contributed by atoms with Crippen LogP contribution in [0.2, 0.25) is 0 Å². The number of pyridine rings is 2. The molecular weight excluding hydrogens is 350 g/mol. The van der Waals surface area contributed by atoms with Crippen LogP contribution >= 0.6 is 0 Å². The van der Waals surface area contributed by atoms with Gasteiger partial charge in [0.25, 0.3) is 0 Å². The number of nitrogens with zero attached hydrogens (tertiary/aromatic N) is 2. The predicted molar refractivity (Wildman–Crippen MR) is 108 cm³/mol. The standard InChI is InChI=1S/C23H19N3O2/c27-23(28)20-5-1-4-17(25-20)12-19-18-9-8-15(14-6-7-14)11-21(18)26-22(19)16-3-2-10-24-13-16/h1-5,8-11,13-14,26H,6-7,12H2,(H,27,28). The van der Waals surface area contributed by atoms with Crippen LogP contribution in [0, 0.1) is 0 Å². The van der Waals surface area contributed by atoms with Gasteiger partial charge in [-0.05, 0) is 60.2 Å². The minimum atomic E-state index is -1.01. The van der Waals surface area contributed by atoms with Gasteiger partial charge in [0.2, 0.25) is 0 Å². The van der Waals surface area contributed by atoms with Gasteiger partial charge in [-0.15, -0.1) is 0 Å². The molecule has 2 N–H and O–H groups in total. The van der Waals surface area contributed by atoms with Crippen LogP contribution in [-0.2, 0) is 6.42 Å². The molecule has 0 aliphatic heterocycles. The number of hydrogen-bond acceptors (Lipinski definition) is 3. The van der Waals surface area contributed by atoms with Crippen LogP contribution < -0.4 is 0 Å². The number of H-pyrrole nitrogens is 1. The van der Waals surface area contributed by atoms with E-state index < -0.39 is 5.97 Å². The molecule has 1 saturated carbocycles. The Morgan fingerprint density at radius 3 is 2.79 bits per heavy atom. The van der Waals surface area contributed by atoms with Gasteiger partial charge in [-0.2, -0.15) is 0 Å². The molecule has 138 valence electrons. The van der Waals surface area contributed by atoms with Crippen LogP contribution in [0.1, 0.15) is 46.1 Å². The molecule has 0 radical (unpaired) electrons. The SMILES string of the molecule is O=C(O)c1cccc(Cc2c(-c3cccnc3)[nH]c3cc(C4CC4)ccc23)n1. The number of carboxylic acids is 1. The highest BCUT2D eigenvalue weighted by atomic mass is 16.4. The summed E-state index contributed by atoms with van der Waals surface area (Å²) in [7, 11) is 0. The molecule has 28 heavy (non-hydrogen) atoms. The molecule has 0 amide bonds.